The second-order valence-electron chi connectivity index (χ2n) is 13.4. The van der Waals surface area contributed by atoms with Gasteiger partial charge in [0.2, 0.25) is 0 Å². The molecular formula is C49H78NO7P. The summed E-state index contributed by atoms with van der Waals surface area (Å²) in [6, 6.07) is 0. The fraction of sp³-hybridized carbons (Fsp3) is 0.531. The second-order valence-corrected chi connectivity index (χ2v) is 14.9. The molecular weight excluding hydrogens is 746 g/mol. The highest BCUT2D eigenvalue weighted by Gasteiger charge is 2.25. The maximum Gasteiger partial charge on any atom is 0.472 e. The Morgan fingerprint density at radius 1 is 0.517 bits per heavy atom. The fourth-order valence-corrected chi connectivity index (χ4v) is 5.74. The molecule has 0 heterocycles. The van der Waals surface area contributed by atoms with E-state index in [9.17, 15) is 14.3 Å². The fourth-order valence-electron chi connectivity index (χ4n) is 4.98. The van der Waals surface area contributed by atoms with E-state index in [1.807, 2.05) is 0 Å². The number of phosphoric acid groups is 1. The van der Waals surface area contributed by atoms with Crippen molar-refractivity contribution in [3.05, 3.63) is 134 Å². The molecule has 58 heavy (non-hydrogen) atoms. The number of unbranched alkanes of at least 4 members (excludes halogenated alkanes) is 4. The van der Waals surface area contributed by atoms with Gasteiger partial charge < -0.3 is 20.1 Å². The molecule has 0 aliphatic carbocycles. The Morgan fingerprint density at radius 2 is 0.914 bits per heavy atom. The highest BCUT2D eigenvalue weighted by molar-refractivity contribution is 7.47. The Balaban J connectivity index is 4.21. The molecule has 2 unspecified atom stereocenters. The monoisotopic (exact) mass is 824 g/mol. The van der Waals surface area contributed by atoms with E-state index < -0.39 is 13.9 Å². The summed E-state index contributed by atoms with van der Waals surface area (Å²) < 4.78 is 33.3. The van der Waals surface area contributed by atoms with Crippen LogP contribution in [0.3, 0.4) is 0 Å². The lowest BCUT2D eigenvalue weighted by Crippen LogP contribution is -2.28. The summed E-state index contributed by atoms with van der Waals surface area (Å²) in [7, 11) is -4.31. The lowest BCUT2D eigenvalue weighted by Gasteiger charge is -2.20. The molecule has 0 aromatic heterocycles. The number of hydrogen-bond acceptors (Lipinski definition) is 7. The van der Waals surface area contributed by atoms with Crippen LogP contribution in [0.25, 0.3) is 0 Å². The molecule has 0 fully saturated rings. The average molecular weight is 824 g/mol. The third-order valence-electron chi connectivity index (χ3n) is 8.06. The molecule has 0 saturated heterocycles. The van der Waals surface area contributed by atoms with Crippen LogP contribution < -0.4 is 5.73 Å². The summed E-state index contributed by atoms with van der Waals surface area (Å²) in [5, 5.41) is 0. The van der Waals surface area contributed by atoms with Crippen LogP contribution in [-0.2, 0) is 27.9 Å². The molecule has 0 rings (SSSR count). The van der Waals surface area contributed by atoms with E-state index in [-0.39, 0.29) is 38.8 Å². The van der Waals surface area contributed by atoms with E-state index in [0.717, 1.165) is 103 Å². The molecule has 0 aromatic carbocycles. The first-order chi connectivity index (χ1) is 28.4. The molecule has 0 bridgehead atoms. The zero-order valence-corrected chi connectivity index (χ0v) is 36.9. The number of allylic oxidation sites excluding steroid dienone is 22. The zero-order chi connectivity index (χ0) is 42.3. The summed E-state index contributed by atoms with van der Waals surface area (Å²) in [6.45, 7) is 4.44. The van der Waals surface area contributed by atoms with Gasteiger partial charge in [-0.05, 0) is 103 Å². The van der Waals surface area contributed by atoms with Gasteiger partial charge in [-0.2, -0.15) is 0 Å². The summed E-state index contributed by atoms with van der Waals surface area (Å²) in [5.74, 6) is -0.388. The Bertz CT molecular complexity index is 1340. The first-order valence-electron chi connectivity index (χ1n) is 21.7. The van der Waals surface area contributed by atoms with Gasteiger partial charge in [0.1, 0.15) is 6.10 Å². The maximum absolute atomic E-state index is 12.6. The highest BCUT2D eigenvalue weighted by Crippen LogP contribution is 2.43. The topological polar surface area (TPSA) is 117 Å². The van der Waals surface area contributed by atoms with E-state index in [1.54, 1.807) is 0 Å². The van der Waals surface area contributed by atoms with Crippen LogP contribution in [0.5, 0.6) is 0 Å². The number of phosphoric ester groups is 1. The van der Waals surface area contributed by atoms with Gasteiger partial charge in [-0.3, -0.25) is 13.8 Å². The minimum atomic E-state index is -4.31. The molecule has 9 heteroatoms. The summed E-state index contributed by atoms with van der Waals surface area (Å²) in [6.07, 6.45) is 63.5. The normalized spacial score (nSPS) is 14.8. The van der Waals surface area contributed by atoms with Gasteiger partial charge in [-0.1, -0.05) is 154 Å². The number of hydrogen-bond donors (Lipinski definition) is 2. The van der Waals surface area contributed by atoms with Crippen LogP contribution in [0, 0.1) is 0 Å². The molecule has 0 aromatic rings. The SMILES string of the molecule is CC/C=C\C/C=C\C/C=C\C/C=C\C/C=C\C/C=C\C/C=C\CCCCCC(=O)OC(COCCC/C=C\C/C=C\C/C=C\C/C=C\CC)COP(=O)(O)OCCN. The minimum Gasteiger partial charge on any atom is -0.457 e. The van der Waals surface area contributed by atoms with Crippen LogP contribution in [0.15, 0.2) is 134 Å². The zero-order valence-electron chi connectivity index (χ0n) is 36.0. The van der Waals surface area contributed by atoms with Crippen molar-refractivity contribution in [2.45, 2.75) is 136 Å². The molecule has 2 atom stereocenters. The van der Waals surface area contributed by atoms with E-state index in [4.69, 9.17) is 24.3 Å². The third-order valence-corrected chi connectivity index (χ3v) is 9.05. The van der Waals surface area contributed by atoms with Gasteiger partial charge in [0, 0.05) is 19.6 Å². The predicted molar refractivity (Wildman–Crippen MR) is 246 cm³/mol. The molecule has 8 nitrogen and oxygen atoms in total. The van der Waals surface area contributed by atoms with Crippen LogP contribution in [0.4, 0.5) is 0 Å². The van der Waals surface area contributed by atoms with Crippen LogP contribution in [-0.4, -0.2) is 49.9 Å². The summed E-state index contributed by atoms with van der Waals surface area (Å²) >= 11 is 0. The second kappa shape index (κ2) is 44.7. The third kappa shape index (κ3) is 43.8. The van der Waals surface area contributed by atoms with Crippen molar-refractivity contribution in [2.24, 2.45) is 5.73 Å². The van der Waals surface area contributed by atoms with E-state index in [1.165, 1.54) is 0 Å². The van der Waals surface area contributed by atoms with Crippen molar-refractivity contribution < 1.29 is 32.8 Å². The summed E-state index contributed by atoms with van der Waals surface area (Å²) in [4.78, 5) is 22.5. The van der Waals surface area contributed by atoms with Crippen molar-refractivity contribution in [3.8, 4) is 0 Å². The van der Waals surface area contributed by atoms with Crippen LogP contribution >= 0.6 is 7.82 Å². The smallest absolute Gasteiger partial charge is 0.457 e. The average Bonchev–Trinajstić information content (AvgIpc) is 3.21. The van der Waals surface area contributed by atoms with Crippen molar-refractivity contribution in [2.75, 3.05) is 33.0 Å². The summed E-state index contributed by atoms with van der Waals surface area (Å²) in [5.41, 5.74) is 5.36. The van der Waals surface area contributed by atoms with Crippen LogP contribution in [0.1, 0.15) is 129 Å². The molecule has 0 radical (unpaired) electrons. The molecule has 326 valence electrons. The van der Waals surface area contributed by atoms with E-state index in [2.05, 4.69) is 148 Å². The number of esters is 1. The quantitative estimate of drug-likeness (QED) is 0.0272. The molecule has 0 aliphatic rings. The standard InChI is InChI=1S/C49H78NO7P/c1-3-5-7-9-11-13-15-17-19-20-21-22-23-24-25-26-27-28-29-30-32-34-36-38-40-42-49(51)57-48(47-56-58(52,53)55-45-43-50)46-54-44-41-39-37-35-33-31-18-16-14-12-10-8-6-4-2/h5-8,11-14,17-19,21-22,24-25,27-28,30-32,35,37,48H,3-4,9-10,15-16,20,23,26,29,33-34,36,38-47,50H2,1-2H3,(H,52,53)/b7-5-,8-6-,13-11-,14-12-,19-17-,22-21-,25-24-,28-27-,31-18-,32-30-,37-35-. The molecule has 0 amide bonds. The lowest BCUT2D eigenvalue weighted by molar-refractivity contribution is -0.154. The van der Waals surface area contributed by atoms with Crippen molar-refractivity contribution in [3.63, 3.8) is 0 Å². The highest BCUT2D eigenvalue weighted by atomic mass is 31.2. The Morgan fingerprint density at radius 3 is 1.33 bits per heavy atom. The number of nitrogens with two attached hydrogens (primary N) is 1. The van der Waals surface area contributed by atoms with Gasteiger partial charge in [0.25, 0.3) is 0 Å². The van der Waals surface area contributed by atoms with E-state index in [0.29, 0.717) is 13.0 Å². The van der Waals surface area contributed by atoms with Crippen molar-refractivity contribution in [1.82, 2.24) is 0 Å². The van der Waals surface area contributed by atoms with Crippen molar-refractivity contribution in [1.29, 1.82) is 0 Å². The lowest BCUT2D eigenvalue weighted by atomic mass is 10.1. The maximum atomic E-state index is 12.6. The van der Waals surface area contributed by atoms with Crippen LogP contribution in [0.2, 0.25) is 0 Å². The van der Waals surface area contributed by atoms with E-state index >= 15 is 0 Å². The van der Waals surface area contributed by atoms with Gasteiger partial charge >= 0.3 is 13.8 Å². The first-order valence-corrected chi connectivity index (χ1v) is 23.2. The van der Waals surface area contributed by atoms with Gasteiger partial charge in [0.15, 0.2) is 0 Å². The van der Waals surface area contributed by atoms with Gasteiger partial charge in [-0.25, -0.2) is 4.57 Å². The first kappa shape index (κ1) is 54.6. The Labute approximate surface area is 353 Å². The number of rotatable bonds is 39. The Hall–Kier alpha value is -3.36. The minimum absolute atomic E-state index is 0.0540. The Kier molecular flexibility index (Phi) is 42.1. The largest absolute Gasteiger partial charge is 0.472 e. The number of carbonyl (C=O) groups is 1. The number of carbonyl (C=O) groups excluding carboxylic acids is 1. The van der Waals surface area contributed by atoms with Crippen molar-refractivity contribution >= 4 is 13.8 Å². The predicted octanol–water partition coefficient (Wildman–Crippen LogP) is 13.2. The van der Waals surface area contributed by atoms with Gasteiger partial charge in [-0.15, -0.1) is 0 Å². The molecule has 0 spiro atoms. The molecule has 0 saturated carbocycles. The molecule has 3 N–H and O–H groups in total. The number of ether oxygens (including phenoxy) is 2. The molecule has 0 aliphatic heterocycles. The van der Waals surface area contributed by atoms with Gasteiger partial charge in [0.05, 0.1) is 19.8 Å².